The second-order valence-electron chi connectivity index (χ2n) is 1.35. The minimum absolute atomic E-state index is 1.41. The largest absolute Gasteiger partial charge is 0.477 e. The van der Waals surface area contributed by atoms with E-state index in [1.165, 1.54) is 0 Å². The third kappa shape index (κ3) is 1.28. The van der Waals surface area contributed by atoms with Gasteiger partial charge in [0.25, 0.3) is 6.29 Å². The fourth-order valence-electron chi connectivity index (χ4n) is 0.340. The van der Waals surface area contributed by atoms with Crippen LogP contribution in [-0.4, -0.2) is 22.3 Å². The third-order valence-electron chi connectivity index (χ3n) is 0.660. The van der Waals surface area contributed by atoms with Gasteiger partial charge >= 0.3 is 13.8 Å². The van der Waals surface area contributed by atoms with Crippen LogP contribution in [0.3, 0.4) is 0 Å². The maximum Gasteiger partial charge on any atom is 0.477 e. The predicted octanol–water partition coefficient (Wildman–Crippen LogP) is -0.456. The molecule has 1 fully saturated rings. The third-order valence-corrected chi connectivity index (χ3v) is 1.58. The van der Waals surface area contributed by atoms with E-state index in [1.54, 1.807) is 0 Å². The summed E-state index contributed by atoms with van der Waals surface area (Å²) in [5.74, 6) is -1.41. The molecule has 1 heterocycles. The van der Waals surface area contributed by atoms with Crippen LogP contribution in [0.4, 0.5) is 0 Å². The molecule has 7 heteroatoms. The van der Waals surface area contributed by atoms with Gasteiger partial charge in [0.1, 0.15) is 0 Å². The van der Waals surface area contributed by atoms with Gasteiger partial charge in [0.05, 0.1) is 0 Å². The summed E-state index contributed by atoms with van der Waals surface area (Å²) in [6.45, 7) is 0. The first-order valence-electron chi connectivity index (χ1n) is 1.94. The number of phosphoric ester groups is 1. The van der Waals surface area contributed by atoms with Gasteiger partial charge in [-0.2, -0.15) is 0 Å². The van der Waals surface area contributed by atoms with Crippen LogP contribution in [0.5, 0.6) is 0 Å². The molecule has 0 saturated carbocycles. The zero-order valence-electron chi connectivity index (χ0n) is 4.05. The van der Waals surface area contributed by atoms with E-state index in [0.717, 1.165) is 0 Å². The second kappa shape index (κ2) is 1.78. The topological polar surface area (TPSA) is 93.1 Å². The molecule has 0 aromatic carbocycles. The normalized spacial score (nSPS) is 41.7. The molecule has 0 aromatic heterocycles. The number of carboxylic acid groups (broad SMARTS) is 1. The lowest BCUT2D eigenvalue weighted by Crippen LogP contribution is -2.33. The molecule has 0 amide bonds. The molecule has 0 radical (unpaired) electrons. The van der Waals surface area contributed by atoms with Crippen molar-refractivity contribution in [1.29, 1.82) is 0 Å². The molecule has 2 N–H and O–H groups in total. The Labute approximate surface area is 49.6 Å². The highest BCUT2D eigenvalue weighted by Crippen LogP contribution is 2.55. The maximum absolute atomic E-state index is 10.0. The lowest BCUT2D eigenvalue weighted by atomic mass is 10.7. The Bertz CT molecular complexity index is 175. The van der Waals surface area contributed by atoms with Crippen molar-refractivity contribution < 1.29 is 28.4 Å². The van der Waals surface area contributed by atoms with Crippen LogP contribution in [0, 0.1) is 0 Å². The molecule has 0 aliphatic carbocycles. The van der Waals surface area contributed by atoms with Crippen molar-refractivity contribution in [2.24, 2.45) is 0 Å². The first kappa shape index (κ1) is 6.70. The lowest BCUT2D eigenvalue weighted by Gasteiger charge is -2.26. The van der Waals surface area contributed by atoms with Gasteiger partial charge < -0.3 is 10.00 Å². The molecule has 0 unspecified atom stereocenters. The van der Waals surface area contributed by atoms with Crippen molar-refractivity contribution in [1.82, 2.24) is 0 Å². The Hall–Kier alpha value is -0.420. The van der Waals surface area contributed by atoms with Crippen LogP contribution in [0.25, 0.3) is 0 Å². The van der Waals surface area contributed by atoms with E-state index in [4.69, 9.17) is 10.00 Å². The molecule has 1 aliphatic heterocycles. The van der Waals surface area contributed by atoms with Crippen LogP contribution in [0.2, 0.25) is 0 Å². The van der Waals surface area contributed by atoms with Crippen LogP contribution in [0.15, 0.2) is 0 Å². The van der Waals surface area contributed by atoms with E-state index in [-0.39, 0.29) is 0 Å². The van der Waals surface area contributed by atoms with Crippen molar-refractivity contribution >= 4 is 13.8 Å². The molecule has 0 atom stereocenters. The average Bonchev–Trinajstić information content (AvgIpc) is 1.59. The summed E-state index contributed by atoms with van der Waals surface area (Å²) in [6, 6.07) is 0. The van der Waals surface area contributed by atoms with E-state index in [2.05, 4.69) is 9.05 Å². The molecule has 0 aromatic rings. The second-order valence-corrected chi connectivity index (χ2v) is 2.71. The van der Waals surface area contributed by atoms with Gasteiger partial charge in [0.2, 0.25) is 0 Å². The summed E-state index contributed by atoms with van der Waals surface area (Å²) >= 11 is 0. The molecule has 1 rings (SSSR count). The van der Waals surface area contributed by atoms with Gasteiger partial charge in [-0.3, -0.25) is 0 Å². The SMILES string of the molecule is O=C(O)C1OP(=O)(O)O1. The Morgan fingerprint density at radius 1 is 1.56 bits per heavy atom. The van der Waals surface area contributed by atoms with Crippen molar-refractivity contribution in [2.75, 3.05) is 0 Å². The summed E-state index contributed by atoms with van der Waals surface area (Å²) in [4.78, 5) is 18.0. The molecule has 0 spiro atoms. The number of aliphatic carboxylic acids is 1. The van der Waals surface area contributed by atoms with E-state index in [9.17, 15) is 9.36 Å². The predicted molar refractivity (Wildman–Crippen MR) is 23.4 cm³/mol. The summed E-state index contributed by atoms with van der Waals surface area (Å²) < 4.78 is 17.8. The maximum atomic E-state index is 10.0. The molecule has 0 bridgehead atoms. The van der Waals surface area contributed by atoms with Gasteiger partial charge in [0, 0.05) is 0 Å². The van der Waals surface area contributed by atoms with Gasteiger partial charge in [-0.1, -0.05) is 0 Å². The number of phosphoric acid groups is 1. The number of rotatable bonds is 1. The first-order chi connectivity index (χ1) is 4.01. The minimum Gasteiger partial charge on any atom is -0.477 e. The average molecular weight is 154 g/mol. The van der Waals surface area contributed by atoms with E-state index in [0.29, 0.717) is 0 Å². The molecule has 9 heavy (non-hydrogen) atoms. The molecular weight excluding hydrogens is 151 g/mol. The highest BCUT2D eigenvalue weighted by atomic mass is 31.2. The van der Waals surface area contributed by atoms with Crippen LogP contribution in [-0.2, 0) is 18.4 Å². The van der Waals surface area contributed by atoms with Gasteiger partial charge in [-0.25, -0.2) is 18.4 Å². The molecule has 1 saturated heterocycles. The standard InChI is InChI=1S/C2H3O6P/c3-1(4)2-7-9(5,6)8-2/h2H,(H,3,4)(H,5,6). The number of hydrogen-bond acceptors (Lipinski definition) is 4. The summed E-state index contributed by atoms with van der Waals surface area (Å²) in [7, 11) is -3.96. The van der Waals surface area contributed by atoms with Crippen LogP contribution in [0.1, 0.15) is 0 Å². The Morgan fingerprint density at radius 2 is 2.00 bits per heavy atom. The lowest BCUT2D eigenvalue weighted by molar-refractivity contribution is -0.181. The number of carbonyl (C=O) groups is 1. The van der Waals surface area contributed by atoms with E-state index < -0.39 is 20.1 Å². The summed E-state index contributed by atoms with van der Waals surface area (Å²) in [5, 5.41) is 7.98. The number of hydrogen-bond donors (Lipinski definition) is 2. The molecule has 1 aliphatic rings. The Kier molecular flexibility index (Phi) is 1.32. The van der Waals surface area contributed by atoms with Crippen molar-refractivity contribution in [3.05, 3.63) is 0 Å². The zero-order valence-corrected chi connectivity index (χ0v) is 4.95. The summed E-state index contributed by atoms with van der Waals surface area (Å²) in [5.41, 5.74) is 0. The molecular formula is C2H3O6P. The zero-order chi connectivity index (χ0) is 7.07. The monoisotopic (exact) mass is 154 g/mol. The quantitative estimate of drug-likeness (QED) is 0.496. The van der Waals surface area contributed by atoms with Crippen molar-refractivity contribution in [3.8, 4) is 0 Å². The fraction of sp³-hybridized carbons (Fsp3) is 0.500. The van der Waals surface area contributed by atoms with Crippen molar-refractivity contribution in [2.45, 2.75) is 6.29 Å². The first-order valence-corrected chi connectivity index (χ1v) is 3.43. The van der Waals surface area contributed by atoms with Gasteiger partial charge in [-0.05, 0) is 0 Å². The van der Waals surface area contributed by atoms with E-state index >= 15 is 0 Å². The van der Waals surface area contributed by atoms with Gasteiger partial charge in [-0.15, -0.1) is 0 Å². The summed E-state index contributed by atoms with van der Waals surface area (Å²) in [6.07, 6.45) is -1.57. The highest BCUT2D eigenvalue weighted by Gasteiger charge is 2.46. The Balaban J connectivity index is 2.45. The van der Waals surface area contributed by atoms with Crippen LogP contribution >= 0.6 is 7.82 Å². The minimum atomic E-state index is -3.96. The fourth-order valence-corrected chi connectivity index (χ4v) is 1.02. The Morgan fingerprint density at radius 3 is 2.11 bits per heavy atom. The van der Waals surface area contributed by atoms with E-state index in [1.807, 2.05) is 0 Å². The van der Waals surface area contributed by atoms with Crippen molar-refractivity contribution in [3.63, 3.8) is 0 Å². The number of carboxylic acids is 1. The molecule has 52 valence electrons. The highest BCUT2D eigenvalue weighted by molar-refractivity contribution is 7.48. The smallest absolute Gasteiger partial charge is 0.477 e. The molecule has 6 nitrogen and oxygen atoms in total. The van der Waals surface area contributed by atoms with Gasteiger partial charge in [0.15, 0.2) is 0 Å². The van der Waals surface area contributed by atoms with Crippen LogP contribution < -0.4 is 0 Å².